The highest BCUT2D eigenvalue weighted by molar-refractivity contribution is 5.96. The molecular formula is C14H20N2O. The molecule has 3 nitrogen and oxygen atoms in total. The van der Waals surface area contributed by atoms with Gasteiger partial charge in [0.25, 0.3) is 5.91 Å². The molecule has 0 spiro atoms. The van der Waals surface area contributed by atoms with E-state index < -0.39 is 0 Å². The lowest BCUT2D eigenvalue weighted by Gasteiger charge is -2.35. The molecule has 1 aromatic carbocycles. The summed E-state index contributed by atoms with van der Waals surface area (Å²) >= 11 is 0. The Hall–Kier alpha value is -1.35. The van der Waals surface area contributed by atoms with E-state index in [2.05, 4.69) is 6.92 Å². The van der Waals surface area contributed by atoms with Crippen molar-refractivity contribution in [3.05, 3.63) is 35.4 Å². The van der Waals surface area contributed by atoms with Crippen LogP contribution >= 0.6 is 0 Å². The zero-order valence-electron chi connectivity index (χ0n) is 10.4. The summed E-state index contributed by atoms with van der Waals surface area (Å²) in [5.74, 6) is 0.149. The van der Waals surface area contributed by atoms with Crippen LogP contribution in [-0.4, -0.2) is 29.9 Å². The number of rotatable bonds is 4. The van der Waals surface area contributed by atoms with Gasteiger partial charge in [0, 0.05) is 24.7 Å². The normalized spacial score (nSPS) is 16.8. The van der Waals surface area contributed by atoms with E-state index in [0.717, 1.165) is 31.4 Å². The highest BCUT2D eigenvalue weighted by atomic mass is 16.2. The Bertz CT molecular complexity index is 403. The number of hydrogen-bond donors (Lipinski definition) is 1. The minimum atomic E-state index is 0.149. The number of hydrogen-bond acceptors (Lipinski definition) is 2. The first-order valence-corrected chi connectivity index (χ1v) is 6.36. The number of carbonyl (C=O) groups excluding carboxylic acids is 1. The molecular weight excluding hydrogens is 212 g/mol. The van der Waals surface area contributed by atoms with Gasteiger partial charge in [0.2, 0.25) is 0 Å². The number of nitrogens with two attached hydrogens (primary N) is 1. The van der Waals surface area contributed by atoms with Crippen LogP contribution in [0.1, 0.15) is 35.7 Å². The second-order valence-corrected chi connectivity index (χ2v) is 4.58. The SMILES string of the molecule is CCCC(CN)N1CCc2ccccc2C1=O. The van der Waals surface area contributed by atoms with Crippen molar-refractivity contribution in [3.63, 3.8) is 0 Å². The number of carbonyl (C=O) groups is 1. The Morgan fingerprint density at radius 3 is 2.88 bits per heavy atom. The molecule has 92 valence electrons. The van der Waals surface area contributed by atoms with Gasteiger partial charge in [0.15, 0.2) is 0 Å². The third-order valence-electron chi connectivity index (χ3n) is 3.47. The fourth-order valence-corrected chi connectivity index (χ4v) is 2.53. The van der Waals surface area contributed by atoms with Gasteiger partial charge in [-0.3, -0.25) is 4.79 Å². The van der Waals surface area contributed by atoms with E-state index in [1.165, 1.54) is 5.56 Å². The van der Waals surface area contributed by atoms with Gasteiger partial charge in [-0.05, 0) is 24.5 Å². The molecule has 17 heavy (non-hydrogen) atoms. The van der Waals surface area contributed by atoms with Crippen molar-refractivity contribution in [1.82, 2.24) is 4.90 Å². The monoisotopic (exact) mass is 232 g/mol. The highest BCUT2D eigenvalue weighted by Gasteiger charge is 2.28. The summed E-state index contributed by atoms with van der Waals surface area (Å²) in [6.07, 6.45) is 3.00. The highest BCUT2D eigenvalue weighted by Crippen LogP contribution is 2.21. The minimum Gasteiger partial charge on any atom is -0.334 e. The fraction of sp³-hybridized carbons (Fsp3) is 0.500. The van der Waals surface area contributed by atoms with Gasteiger partial charge in [0.1, 0.15) is 0 Å². The molecule has 3 heteroatoms. The third kappa shape index (κ3) is 2.34. The molecule has 0 fully saturated rings. The van der Waals surface area contributed by atoms with E-state index in [0.29, 0.717) is 6.54 Å². The van der Waals surface area contributed by atoms with E-state index in [4.69, 9.17) is 5.73 Å². The van der Waals surface area contributed by atoms with Crippen LogP contribution in [0, 0.1) is 0 Å². The second-order valence-electron chi connectivity index (χ2n) is 4.58. The maximum atomic E-state index is 12.4. The first-order valence-electron chi connectivity index (χ1n) is 6.36. The summed E-state index contributed by atoms with van der Waals surface area (Å²) < 4.78 is 0. The standard InChI is InChI=1S/C14H20N2O/c1-2-5-12(10-15)16-9-8-11-6-3-4-7-13(11)14(16)17/h3-4,6-7,12H,2,5,8-10,15H2,1H3. The van der Waals surface area contributed by atoms with Crippen LogP contribution in [0.25, 0.3) is 0 Å². The number of amides is 1. The lowest BCUT2D eigenvalue weighted by atomic mass is 9.97. The Morgan fingerprint density at radius 2 is 2.18 bits per heavy atom. The first kappa shape index (κ1) is 12.1. The van der Waals surface area contributed by atoms with Gasteiger partial charge in [-0.25, -0.2) is 0 Å². The smallest absolute Gasteiger partial charge is 0.254 e. The molecule has 1 unspecified atom stereocenters. The second kappa shape index (κ2) is 5.32. The largest absolute Gasteiger partial charge is 0.334 e. The van der Waals surface area contributed by atoms with E-state index in [-0.39, 0.29) is 11.9 Å². The molecule has 0 bridgehead atoms. The Labute approximate surface area is 103 Å². The Morgan fingerprint density at radius 1 is 1.41 bits per heavy atom. The molecule has 2 rings (SSSR count). The van der Waals surface area contributed by atoms with E-state index in [1.54, 1.807) is 0 Å². The third-order valence-corrected chi connectivity index (χ3v) is 3.47. The van der Waals surface area contributed by atoms with E-state index in [1.807, 2.05) is 29.2 Å². The molecule has 1 amide bonds. The zero-order chi connectivity index (χ0) is 12.3. The Kier molecular flexibility index (Phi) is 3.79. The quantitative estimate of drug-likeness (QED) is 0.860. The molecule has 1 atom stereocenters. The van der Waals surface area contributed by atoms with Crippen LogP contribution in [0.15, 0.2) is 24.3 Å². The molecule has 1 aromatic rings. The van der Waals surface area contributed by atoms with Crippen LogP contribution in [-0.2, 0) is 6.42 Å². The average molecular weight is 232 g/mol. The predicted octanol–water partition coefficient (Wildman–Crippen LogP) is 1.81. The summed E-state index contributed by atoms with van der Waals surface area (Å²) in [5.41, 5.74) is 7.80. The minimum absolute atomic E-state index is 0.149. The molecule has 2 N–H and O–H groups in total. The predicted molar refractivity (Wildman–Crippen MR) is 68.9 cm³/mol. The zero-order valence-corrected chi connectivity index (χ0v) is 10.4. The van der Waals surface area contributed by atoms with Crippen molar-refractivity contribution in [2.45, 2.75) is 32.2 Å². The maximum absolute atomic E-state index is 12.4. The topological polar surface area (TPSA) is 46.3 Å². The number of fused-ring (bicyclic) bond motifs is 1. The van der Waals surface area contributed by atoms with Crippen molar-refractivity contribution in [2.75, 3.05) is 13.1 Å². The van der Waals surface area contributed by atoms with E-state index in [9.17, 15) is 4.79 Å². The molecule has 1 aliphatic heterocycles. The lowest BCUT2D eigenvalue weighted by Crippen LogP contribution is -2.47. The summed E-state index contributed by atoms with van der Waals surface area (Å²) in [7, 11) is 0. The van der Waals surface area contributed by atoms with Gasteiger partial charge in [-0.2, -0.15) is 0 Å². The molecule has 0 saturated carbocycles. The van der Waals surface area contributed by atoms with Gasteiger partial charge in [0.05, 0.1) is 0 Å². The molecule has 1 aliphatic rings. The van der Waals surface area contributed by atoms with Gasteiger partial charge < -0.3 is 10.6 Å². The van der Waals surface area contributed by atoms with Gasteiger partial charge in [-0.15, -0.1) is 0 Å². The summed E-state index contributed by atoms with van der Waals surface area (Å²) in [6.45, 7) is 3.49. The van der Waals surface area contributed by atoms with Crippen LogP contribution in [0.4, 0.5) is 0 Å². The van der Waals surface area contributed by atoms with Crippen LogP contribution in [0.2, 0.25) is 0 Å². The molecule has 1 heterocycles. The summed E-state index contributed by atoms with van der Waals surface area (Å²) in [6, 6.07) is 8.08. The van der Waals surface area contributed by atoms with Crippen molar-refractivity contribution >= 4 is 5.91 Å². The summed E-state index contributed by atoms with van der Waals surface area (Å²) in [4.78, 5) is 14.3. The van der Waals surface area contributed by atoms with Crippen molar-refractivity contribution in [1.29, 1.82) is 0 Å². The average Bonchev–Trinajstić information content (AvgIpc) is 2.37. The van der Waals surface area contributed by atoms with Crippen LogP contribution < -0.4 is 5.73 Å². The fourth-order valence-electron chi connectivity index (χ4n) is 2.53. The Balaban J connectivity index is 2.22. The van der Waals surface area contributed by atoms with Crippen molar-refractivity contribution < 1.29 is 4.79 Å². The first-order chi connectivity index (χ1) is 8.27. The molecule has 0 aliphatic carbocycles. The maximum Gasteiger partial charge on any atom is 0.254 e. The van der Waals surface area contributed by atoms with Gasteiger partial charge in [-0.1, -0.05) is 31.5 Å². The van der Waals surface area contributed by atoms with Gasteiger partial charge >= 0.3 is 0 Å². The van der Waals surface area contributed by atoms with Crippen molar-refractivity contribution in [2.24, 2.45) is 5.73 Å². The summed E-state index contributed by atoms with van der Waals surface area (Å²) in [5, 5.41) is 0. The van der Waals surface area contributed by atoms with Crippen LogP contribution in [0.3, 0.4) is 0 Å². The number of nitrogens with zero attached hydrogens (tertiary/aromatic N) is 1. The lowest BCUT2D eigenvalue weighted by molar-refractivity contribution is 0.0655. The van der Waals surface area contributed by atoms with E-state index >= 15 is 0 Å². The molecule has 0 radical (unpaired) electrons. The number of benzene rings is 1. The van der Waals surface area contributed by atoms with Crippen LogP contribution in [0.5, 0.6) is 0 Å². The molecule has 0 saturated heterocycles. The molecule has 0 aromatic heterocycles. The van der Waals surface area contributed by atoms with Crippen molar-refractivity contribution in [3.8, 4) is 0 Å².